The van der Waals surface area contributed by atoms with Crippen LogP contribution in [0.5, 0.6) is 0 Å². The number of aromatic amines is 1. The van der Waals surface area contributed by atoms with Gasteiger partial charge in [-0.2, -0.15) is 5.10 Å². The zero-order valence-electron chi connectivity index (χ0n) is 9.21. The SMILES string of the molecule is Cc1nc(-c2ccccc2)c(-c2nc[nH]n2)s1. The summed E-state index contributed by atoms with van der Waals surface area (Å²) in [5, 5.41) is 7.87. The third-order valence-corrected chi connectivity index (χ3v) is 3.37. The van der Waals surface area contributed by atoms with Crippen molar-refractivity contribution in [3.8, 4) is 22.0 Å². The van der Waals surface area contributed by atoms with Crippen LogP contribution in [0.3, 0.4) is 0 Å². The molecule has 0 aliphatic heterocycles. The summed E-state index contributed by atoms with van der Waals surface area (Å²) in [6, 6.07) is 10.1. The van der Waals surface area contributed by atoms with E-state index in [4.69, 9.17) is 0 Å². The molecule has 0 bridgehead atoms. The van der Waals surface area contributed by atoms with Crippen molar-refractivity contribution in [3.05, 3.63) is 41.7 Å². The average Bonchev–Trinajstić information content (AvgIpc) is 2.98. The molecule has 0 amide bonds. The van der Waals surface area contributed by atoms with Crippen molar-refractivity contribution in [3.63, 3.8) is 0 Å². The molecule has 4 nitrogen and oxygen atoms in total. The molecule has 3 aromatic rings. The van der Waals surface area contributed by atoms with Crippen LogP contribution in [-0.2, 0) is 0 Å². The van der Waals surface area contributed by atoms with E-state index in [1.54, 1.807) is 17.7 Å². The second-order valence-corrected chi connectivity index (χ2v) is 4.80. The van der Waals surface area contributed by atoms with E-state index in [0.29, 0.717) is 5.82 Å². The van der Waals surface area contributed by atoms with Gasteiger partial charge in [-0.05, 0) is 6.92 Å². The van der Waals surface area contributed by atoms with Crippen LogP contribution in [0.2, 0.25) is 0 Å². The van der Waals surface area contributed by atoms with Gasteiger partial charge in [0.15, 0.2) is 5.82 Å². The van der Waals surface area contributed by atoms with Crippen molar-refractivity contribution < 1.29 is 0 Å². The number of hydrogen-bond acceptors (Lipinski definition) is 4. The number of hydrogen-bond donors (Lipinski definition) is 1. The fourth-order valence-electron chi connectivity index (χ4n) is 1.69. The van der Waals surface area contributed by atoms with E-state index in [1.807, 2.05) is 37.3 Å². The van der Waals surface area contributed by atoms with E-state index in [0.717, 1.165) is 21.1 Å². The lowest BCUT2D eigenvalue weighted by atomic mass is 10.1. The van der Waals surface area contributed by atoms with Gasteiger partial charge in [0.25, 0.3) is 0 Å². The highest BCUT2D eigenvalue weighted by molar-refractivity contribution is 7.15. The maximum Gasteiger partial charge on any atom is 0.193 e. The maximum atomic E-state index is 4.56. The lowest BCUT2D eigenvalue weighted by Gasteiger charge is -1.98. The first-order chi connectivity index (χ1) is 8.34. The number of rotatable bonds is 2. The predicted octanol–water partition coefficient (Wildman–Crippen LogP) is 2.90. The fourth-order valence-corrected chi connectivity index (χ4v) is 2.57. The van der Waals surface area contributed by atoms with Crippen molar-refractivity contribution in [2.45, 2.75) is 6.92 Å². The largest absolute Gasteiger partial charge is 0.265 e. The lowest BCUT2D eigenvalue weighted by Crippen LogP contribution is -1.83. The Morgan fingerprint density at radius 1 is 1.18 bits per heavy atom. The van der Waals surface area contributed by atoms with Gasteiger partial charge in [-0.1, -0.05) is 30.3 Å². The van der Waals surface area contributed by atoms with Crippen molar-refractivity contribution in [1.82, 2.24) is 20.2 Å². The first kappa shape index (κ1) is 10.2. The van der Waals surface area contributed by atoms with Crippen molar-refractivity contribution >= 4 is 11.3 Å². The Labute approximate surface area is 102 Å². The Hall–Kier alpha value is -2.01. The molecule has 2 heterocycles. The first-order valence-electron chi connectivity index (χ1n) is 5.23. The molecule has 0 fully saturated rings. The average molecular weight is 242 g/mol. The summed E-state index contributed by atoms with van der Waals surface area (Å²) in [4.78, 5) is 9.76. The second-order valence-electron chi connectivity index (χ2n) is 3.60. The molecule has 17 heavy (non-hydrogen) atoms. The first-order valence-corrected chi connectivity index (χ1v) is 6.05. The molecule has 0 atom stereocenters. The van der Waals surface area contributed by atoms with E-state index in [9.17, 15) is 0 Å². The van der Waals surface area contributed by atoms with Gasteiger partial charge in [-0.25, -0.2) is 9.97 Å². The van der Waals surface area contributed by atoms with E-state index < -0.39 is 0 Å². The smallest absolute Gasteiger partial charge is 0.193 e. The molecule has 0 spiro atoms. The van der Waals surface area contributed by atoms with Crippen LogP contribution in [0.15, 0.2) is 36.7 Å². The molecular formula is C12H10N4S. The zero-order chi connectivity index (χ0) is 11.7. The van der Waals surface area contributed by atoms with Crippen LogP contribution >= 0.6 is 11.3 Å². The van der Waals surface area contributed by atoms with Crippen LogP contribution < -0.4 is 0 Å². The summed E-state index contributed by atoms with van der Waals surface area (Å²) < 4.78 is 0. The molecule has 3 rings (SSSR count). The van der Waals surface area contributed by atoms with Crippen LogP contribution in [0.25, 0.3) is 22.0 Å². The molecule has 0 radical (unpaired) electrons. The Kier molecular flexibility index (Phi) is 2.45. The number of aryl methyl sites for hydroxylation is 1. The van der Waals surface area contributed by atoms with Gasteiger partial charge in [0.2, 0.25) is 0 Å². The number of thiazole rings is 1. The van der Waals surface area contributed by atoms with E-state index in [2.05, 4.69) is 20.2 Å². The van der Waals surface area contributed by atoms with Gasteiger partial charge in [-0.15, -0.1) is 11.3 Å². The Morgan fingerprint density at radius 2 is 2.00 bits per heavy atom. The minimum atomic E-state index is 0.703. The summed E-state index contributed by atoms with van der Waals surface area (Å²) in [7, 11) is 0. The molecule has 0 unspecified atom stereocenters. The Balaban J connectivity index is 2.18. The quantitative estimate of drug-likeness (QED) is 0.751. The van der Waals surface area contributed by atoms with E-state index in [1.165, 1.54) is 0 Å². The standard InChI is InChI=1S/C12H10N4S/c1-8-15-10(9-5-3-2-4-6-9)11(17-8)12-13-7-14-16-12/h2-7H,1H3,(H,13,14,16). The van der Waals surface area contributed by atoms with Crippen molar-refractivity contribution in [2.75, 3.05) is 0 Å². The van der Waals surface area contributed by atoms with E-state index >= 15 is 0 Å². The number of nitrogens with zero attached hydrogens (tertiary/aromatic N) is 3. The van der Waals surface area contributed by atoms with Crippen LogP contribution in [-0.4, -0.2) is 20.2 Å². The highest BCUT2D eigenvalue weighted by Gasteiger charge is 2.15. The zero-order valence-corrected chi connectivity index (χ0v) is 10.0. The van der Waals surface area contributed by atoms with Gasteiger partial charge >= 0.3 is 0 Å². The summed E-state index contributed by atoms with van der Waals surface area (Å²) in [6.45, 7) is 1.99. The fraction of sp³-hybridized carbons (Fsp3) is 0.0833. The molecule has 0 saturated heterocycles. The van der Waals surface area contributed by atoms with Crippen LogP contribution in [0.4, 0.5) is 0 Å². The molecule has 0 aliphatic carbocycles. The summed E-state index contributed by atoms with van der Waals surface area (Å²) in [6.07, 6.45) is 1.58. The topological polar surface area (TPSA) is 54.5 Å². The molecule has 5 heteroatoms. The number of aromatic nitrogens is 4. The summed E-state index contributed by atoms with van der Waals surface area (Å²) in [5.74, 6) is 0.703. The van der Waals surface area contributed by atoms with Gasteiger partial charge in [-0.3, -0.25) is 5.10 Å². The monoisotopic (exact) mass is 242 g/mol. The van der Waals surface area contributed by atoms with Gasteiger partial charge in [0, 0.05) is 5.56 Å². The highest BCUT2D eigenvalue weighted by Crippen LogP contribution is 2.34. The van der Waals surface area contributed by atoms with Gasteiger partial charge in [0.05, 0.1) is 10.7 Å². The number of benzene rings is 1. The molecule has 2 aromatic heterocycles. The second kappa shape index (κ2) is 4.10. The minimum Gasteiger partial charge on any atom is -0.265 e. The molecule has 0 saturated carbocycles. The van der Waals surface area contributed by atoms with Crippen LogP contribution in [0, 0.1) is 6.92 Å². The predicted molar refractivity (Wildman–Crippen MR) is 67.7 cm³/mol. The normalized spacial score (nSPS) is 10.6. The molecule has 1 aromatic carbocycles. The molecule has 1 N–H and O–H groups in total. The number of H-pyrrole nitrogens is 1. The van der Waals surface area contributed by atoms with Crippen LogP contribution in [0.1, 0.15) is 5.01 Å². The minimum absolute atomic E-state index is 0.703. The summed E-state index contributed by atoms with van der Waals surface area (Å²) >= 11 is 1.61. The molecular weight excluding hydrogens is 232 g/mol. The molecule has 84 valence electrons. The lowest BCUT2D eigenvalue weighted by molar-refractivity contribution is 1.10. The molecule has 0 aliphatic rings. The Morgan fingerprint density at radius 3 is 2.71 bits per heavy atom. The maximum absolute atomic E-state index is 4.56. The number of nitrogens with one attached hydrogen (secondary N) is 1. The van der Waals surface area contributed by atoms with Crippen molar-refractivity contribution in [1.29, 1.82) is 0 Å². The highest BCUT2D eigenvalue weighted by atomic mass is 32.1. The van der Waals surface area contributed by atoms with Gasteiger partial charge in [0.1, 0.15) is 11.2 Å². The third kappa shape index (κ3) is 1.85. The van der Waals surface area contributed by atoms with Gasteiger partial charge < -0.3 is 0 Å². The summed E-state index contributed by atoms with van der Waals surface area (Å²) in [5.41, 5.74) is 2.05. The van der Waals surface area contributed by atoms with E-state index in [-0.39, 0.29) is 0 Å². The van der Waals surface area contributed by atoms with Crippen molar-refractivity contribution in [2.24, 2.45) is 0 Å². The third-order valence-electron chi connectivity index (χ3n) is 2.40. The Bertz CT molecular complexity index is 613.